The molecule has 0 heterocycles. The van der Waals surface area contributed by atoms with E-state index in [1.807, 2.05) is 24.3 Å². The summed E-state index contributed by atoms with van der Waals surface area (Å²) >= 11 is 0. The van der Waals surface area contributed by atoms with Gasteiger partial charge < -0.3 is 10.6 Å². The molecular formula is C19H24N4O5S. The Morgan fingerprint density at radius 2 is 1.83 bits per heavy atom. The number of nitro groups is 1. The Kier molecular flexibility index (Phi) is 7.68. The molecule has 3 N–H and O–H groups in total. The SMILES string of the molecule is CCCCc1ccc(NC(=O)CNc2ccc(S(=O)(=O)NC)cc2[N+](=O)[O-])cc1. The van der Waals surface area contributed by atoms with Crippen molar-refractivity contribution in [2.24, 2.45) is 0 Å². The van der Waals surface area contributed by atoms with Crippen molar-refractivity contribution in [1.29, 1.82) is 0 Å². The molecule has 29 heavy (non-hydrogen) atoms. The molecule has 10 heteroatoms. The van der Waals surface area contributed by atoms with Gasteiger partial charge in [0.15, 0.2) is 0 Å². The van der Waals surface area contributed by atoms with Gasteiger partial charge in [0.1, 0.15) is 5.69 Å². The Balaban J connectivity index is 2.03. The summed E-state index contributed by atoms with van der Waals surface area (Å²) in [6, 6.07) is 11.0. The predicted molar refractivity (Wildman–Crippen MR) is 112 cm³/mol. The van der Waals surface area contributed by atoms with Gasteiger partial charge in [-0.05, 0) is 49.7 Å². The highest BCUT2D eigenvalue weighted by molar-refractivity contribution is 7.89. The van der Waals surface area contributed by atoms with Crippen molar-refractivity contribution < 1.29 is 18.1 Å². The van der Waals surface area contributed by atoms with Gasteiger partial charge in [-0.25, -0.2) is 13.1 Å². The highest BCUT2D eigenvalue weighted by atomic mass is 32.2. The lowest BCUT2D eigenvalue weighted by atomic mass is 10.1. The van der Waals surface area contributed by atoms with Gasteiger partial charge in [-0.15, -0.1) is 0 Å². The number of nitrogens with zero attached hydrogens (tertiary/aromatic N) is 1. The van der Waals surface area contributed by atoms with E-state index < -0.39 is 20.6 Å². The number of unbranched alkanes of at least 4 members (excludes halogenated alkanes) is 1. The van der Waals surface area contributed by atoms with Gasteiger partial charge in [0.2, 0.25) is 15.9 Å². The molecule has 0 atom stereocenters. The summed E-state index contributed by atoms with van der Waals surface area (Å²) in [6.07, 6.45) is 3.19. The number of benzene rings is 2. The molecule has 0 fully saturated rings. The number of hydrogen-bond acceptors (Lipinski definition) is 6. The Bertz CT molecular complexity index is 975. The molecule has 0 unspecified atom stereocenters. The van der Waals surface area contributed by atoms with E-state index in [4.69, 9.17) is 0 Å². The monoisotopic (exact) mass is 420 g/mol. The largest absolute Gasteiger partial charge is 0.371 e. The van der Waals surface area contributed by atoms with E-state index in [9.17, 15) is 23.3 Å². The molecule has 156 valence electrons. The van der Waals surface area contributed by atoms with Crippen molar-refractivity contribution in [2.75, 3.05) is 24.2 Å². The highest BCUT2D eigenvalue weighted by Gasteiger charge is 2.20. The number of carbonyl (C=O) groups excluding carboxylic acids is 1. The van der Waals surface area contributed by atoms with Gasteiger partial charge in [-0.1, -0.05) is 25.5 Å². The number of rotatable bonds is 10. The molecule has 0 aliphatic heterocycles. The van der Waals surface area contributed by atoms with Gasteiger partial charge in [0.05, 0.1) is 16.4 Å². The molecule has 0 aromatic heterocycles. The minimum absolute atomic E-state index is 0.0510. The quantitative estimate of drug-likeness (QED) is 0.400. The van der Waals surface area contributed by atoms with Crippen LogP contribution in [-0.2, 0) is 21.2 Å². The van der Waals surface area contributed by atoms with E-state index >= 15 is 0 Å². The van der Waals surface area contributed by atoms with E-state index in [0.717, 1.165) is 25.3 Å². The maximum Gasteiger partial charge on any atom is 0.293 e. The van der Waals surface area contributed by atoms with Crippen LogP contribution in [0.15, 0.2) is 47.4 Å². The lowest BCUT2D eigenvalue weighted by Gasteiger charge is -2.10. The summed E-state index contributed by atoms with van der Waals surface area (Å²) in [4.78, 5) is 22.5. The fraction of sp³-hybridized carbons (Fsp3) is 0.316. The van der Waals surface area contributed by atoms with Crippen LogP contribution in [0.25, 0.3) is 0 Å². The number of amides is 1. The van der Waals surface area contributed by atoms with Crippen molar-refractivity contribution in [3.05, 3.63) is 58.1 Å². The topological polar surface area (TPSA) is 130 Å². The summed E-state index contributed by atoms with van der Waals surface area (Å²) in [5.41, 5.74) is 1.43. The molecule has 0 aliphatic carbocycles. The molecular weight excluding hydrogens is 396 g/mol. The van der Waals surface area contributed by atoms with Gasteiger partial charge in [-0.3, -0.25) is 14.9 Å². The first kappa shape index (κ1) is 22.3. The van der Waals surface area contributed by atoms with Crippen LogP contribution in [0.5, 0.6) is 0 Å². The zero-order valence-corrected chi connectivity index (χ0v) is 17.1. The number of nitro benzene ring substituents is 1. The minimum Gasteiger partial charge on any atom is -0.371 e. The van der Waals surface area contributed by atoms with E-state index in [1.54, 1.807) is 0 Å². The summed E-state index contributed by atoms with van der Waals surface area (Å²) in [7, 11) is -2.60. The fourth-order valence-electron chi connectivity index (χ4n) is 2.61. The van der Waals surface area contributed by atoms with E-state index in [-0.39, 0.29) is 23.0 Å². The van der Waals surface area contributed by atoms with Crippen molar-refractivity contribution in [2.45, 2.75) is 31.1 Å². The second-order valence-electron chi connectivity index (χ2n) is 6.35. The lowest BCUT2D eigenvalue weighted by Crippen LogP contribution is -2.22. The average Bonchev–Trinajstić information content (AvgIpc) is 2.71. The van der Waals surface area contributed by atoms with Crippen LogP contribution in [-0.4, -0.2) is 32.8 Å². The molecule has 0 saturated carbocycles. The summed E-state index contributed by atoms with van der Waals surface area (Å²) in [6.45, 7) is 1.91. The number of carbonyl (C=O) groups is 1. The first-order valence-electron chi connectivity index (χ1n) is 9.11. The third-order valence-electron chi connectivity index (χ3n) is 4.24. The number of hydrogen-bond donors (Lipinski definition) is 3. The molecule has 0 saturated heterocycles. The van der Waals surface area contributed by atoms with Crippen LogP contribution in [0.4, 0.5) is 17.1 Å². The van der Waals surface area contributed by atoms with Crippen molar-refractivity contribution >= 4 is 33.0 Å². The molecule has 2 rings (SSSR count). The molecule has 1 amide bonds. The van der Waals surface area contributed by atoms with Gasteiger partial charge in [-0.2, -0.15) is 0 Å². The van der Waals surface area contributed by atoms with Crippen LogP contribution in [0.3, 0.4) is 0 Å². The minimum atomic E-state index is -3.81. The Morgan fingerprint density at radius 1 is 1.14 bits per heavy atom. The van der Waals surface area contributed by atoms with Crippen molar-refractivity contribution in [3.63, 3.8) is 0 Å². The first-order valence-corrected chi connectivity index (χ1v) is 10.6. The predicted octanol–water partition coefficient (Wildman–Crippen LogP) is 2.90. The zero-order chi connectivity index (χ0) is 21.4. The second-order valence-corrected chi connectivity index (χ2v) is 8.23. The van der Waals surface area contributed by atoms with E-state index in [0.29, 0.717) is 5.69 Å². The van der Waals surface area contributed by atoms with Gasteiger partial charge >= 0.3 is 0 Å². The van der Waals surface area contributed by atoms with Crippen LogP contribution in [0.1, 0.15) is 25.3 Å². The summed E-state index contributed by atoms with van der Waals surface area (Å²) < 4.78 is 25.7. The van der Waals surface area contributed by atoms with Crippen LogP contribution < -0.4 is 15.4 Å². The van der Waals surface area contributed by atoms with Crippen LogP contribution in [0, 0.1) is 10.1 Å². The lowest BCUT2D eigenvalue weighted by molar-refractivity contribution is -0.384. The Hall–Kier alpha value is -2.98. The zero-order valence-electron chi connectivity index (χ0n) is 16.3. The molecule has 0 spiro atoms. The molecule has 0 radical (unpaired) electrons. The van der Waals surface area contributed by atoms with Crippen molar-refractivity contribution in [1.82, 2.24) is 4.72 Å². The molecule has 9 nitrogen and oxygen atoms in total. The van der Waals surface area contributed by atoms with E-state index in [1.165, 1.54) is 24.7 Å². The van der Waals surface area contributed by atoms with Crippen LogP contribution in [0.2, 0.25) is 0 Å². The highest BCUT2D eigenvalue weighted by Crippen LogP contribution is 2.27. The third-order valence-corrected chi connectivity index (χ3v) is 5.65. The maximum absolute atomic E-state index is 12.1. The normalized spacial score (nSPS) is 11.1. The van der Waals surface area contributed by atoms with Crippen molar-refractivity contribution in [3.8, 4) is 0 Å². The first-order chi connectivity index (χ1) is 13.8. The smallest absolute Gasteiger partial charge is 0.293 e. The Morgan fingerprint density at radius 3 is 2.41 bits per heavy atom. The second kappa shape index (κ2) is 9.99. The molecule has 2 aromatic carbocycles. The number of sulfonamides is 1. The molecule has 2 aromatic rings. The maximum atomic E-state index is 12.1. The van der Waals surface area contributed by atoms with Gasteiger partial charge in [0.25, 0.3) is 5.69 Å². The number of aryl methyl sites for hydroxylation is 1. The van der Waals surface area contributed by atoms with Crippen LogP contribution >= 0.6 is 0 Å². The summed E-state index contributed by atoms with van der Waals surface area (Å²) in [5.74, 6) is -0.382. The standard InChI is InChI=1S/C19H24N4O5S/c1-3-4-5-14-6-8-15(9-7-14)22-19(24)13-21-17-11-10-16(29(27,28)20-2)12-18(17)23(25)26/h6-12,20-21H,3-5,13H2,1-2H3,(H,22,24). The third kappa shape index (κ3) is 6.26. The number of nitrogens with one attached hydrogen (secondary N) is 3. The van der Waals surface area contributed by atoms with E-state index in [2.05, 4.69) is 22.3 Å². The average molecular weight is 420 g/mol. The Labute approximate surface area is 169 Å². The molecule has 0 bridgehead atoms. The molecule has 0 aliphatic rings. The van der Waals surface area contributed by atoms with Gasteiger partial charge in [0, 0.05) is 11.8 Å². The summed E-state index contributed by atoms with van der Waals surface area (Å²) in [5, 5.41) is 16.7. The number of anilines is 2. The fourth-order valence-corrected chi connectivity index (χ4v) is 3.36.